The van der Waals surface area contributed by atoms with E-state index in [2.05, 4.69) is 11.0 Å². The third kappa shape index (κ3) is 2.71. The highest BCUT2D eigenvalue weighted by atomic mass is 16.7. The van der Waals surface area contributed by atoms with Crippen molar-refractivity contribution in [2.75, 3.05) is 19.9 Å². The van der Waals surface area contributed by atoms with Crippen LogP contribution in [0.1, 0.15) is 28.8 Å². The number of nitrogens with zero attached hydrogens (tertiary/aromatic N) is 1. The summed E-state index contributed by atoms with van der Waals surface area (Å²) < 4.78 is 11.1. The molecule has 2 aliphatic rings. The van der Waals surface area contributed by atoms with Crippen molar-refractivity contribution in [3.8, 4) is 22.6 Å². The molecule has 2 heterocycles. The Labute approximate surface area is 141 Å². The summed E-state index contributed by atoms with van der Waals surface area (Å²) in [5.74, 6) is 0.945. The molecule has 2 aromatic carbocycles. The van der Waals surface area contributed by atoms with Crippen molar-refractivity contribution in [1.29, 1.82) is 0 Å². The van der Waals surface area contributed by atoms with Gasteiger partial charge in [0.25, 0.3) is 0 Å². The van der Waals surface area contributed by atoms with E-state index in [1.165, 1.54) is 18.4 Å². The standard InChI is InChI=1S/C19H20N2O3/c20-19(22)15-7-6-13(11-21-8-1-2-9-21)10-16(15)14-4-3-5-17-18(14)24-12-23-17/h3-7,10H,1-2,8-9,11-12H2,(H2,20,22). The van der Waals surface area contributed by atoms with E-state index >= 15 is 0 Å². The summed E-state index contributed by atoms with van der Waals surface area (Å²) in [6.07, 6.45) is 2.51. The van der Waals surface area contributed by atoms with Crippen molar-refractivity contribution in [3.05, 3.63) is 47.5 Å². The lowest BCUT2D eigenvalue weighted by Gasteiger charge is -2.17. The lowest BCUT2D eigenvalue weighted by atomic mass is 9.95. The summed E-state index contributed by atoms with van der Waals surface area (Å²) in [5.41, 5.74) is 8.92. The number of amides is 1. The highest BCUT2D eigenvalue weighted by molar-refractivity contribution is 6.01. The molecule has 24 heavy (non-hydrogen) atoms. The van der Waals surface area contributed by atoms with Gasteiger partial charge >= 0.3 is 0 Å². The Balaban J connectivity index is 1.77. The molecule has 0 radical (unpaired) electrons. The average molecular weight is 324 g/mol. The van der Waals surface area contributed by atoms with Gasteiger partial charge in [0.05, 0.1) is 0 Å². The van der Waals surface area contributed by atoms with Crippen LogP contribution in [-0.4, -0.2) is 30.7 Å². The normalized spacial score (nSPS) is 16.5. The van der Waals surface area contributed by atoms with Crippen LogP contribution >= 0.6 is 0 Å². The number of primary amides is 1. The number of carbonyl (C=O) groups excluding carboxylic acids is 1. The molecule has 124 valence electrons. The van der Waals surface area contributed by atoms with Gasteiger partial charge in [-0.25, -0.2) is 0 Å². The van der Waals surface area contributed by atoms with Gasteiger partial charge in [0, 0.05) is 17.7 Å². The van der Waals surface area contributed by atoms with Gasteiger partial charge in [0.2, 0.25) is 12.7 Å². The van der Waals surface area contributed by atoms with E-state index in [-0.39, 0.29) is 6.79 Å². The zero-order valence-corrected chi connectivity index (χ0v) is 13.5. The van der Waals surface area contributed by atoms with Crippen molar-refractivity contribution in [2.24, 2.45) is 5.73 Å². The van der Waals surface area contributed by atoms with Gasteiger partial charge < -0.3 is 15.2 Å². The minimum atomic E-state index is -0.436. The van der Waals surface area contributed by atoms with Crippen LogP contribution in [0.4, 0.5) is 0 Å². The van der Waals surface area contributed by atoms with E-state index in [0.717, 1.165) is 30.8 Å². The van der Waals surface area contributed by atoms with E-state index < -0.39 is 5.91 Å². The number of carbonyl (C=O) groups is 1. The van der Waals surface area contributed by atoms with Crippen LogP contribution in [0.5, 0.6) is 11.5 Å². The van der Waals surface area contributed by atoms with Gasteiger partial charge in [0.15, 0.2) is 11.5 Å². The van der Waals surface area contributed by atoms with Crippen molar-refractivity contribution in [2.45, 2.75) is 19.4 Å². The van der Waals surface area contributed by atoms with Gasteiger partial charge in [0.1, 0.15) is 0 Å². The molecule has 0 bridgehead atoms. The molecule has 5 nitrogen and oxygen atoms in total. The number of nitrogens with two attached hydrogens (primary N) is 1. The third-order valence-corrected chi connectivity index (χ3v) is 4.64. The SMILES string of the molecule is NC(=O)c1ccc(CN2CCCC2)cc1-c1cccc2c1OCO2. The number of rotatable bonds is 4. The molecule has 2 aromatic rings. The lowest BCUT2D eigenvalue weighted by Crippen LogP contribution is -2.19. The highest BCUT2D eigenvalue weighted by Crippen LogP contribution is 2.42. The Morgan fingerprint density at radius 3 is 2.71 bits per heavy atom. The molecular weight excluding hydrogens is 304 g/mol. The van der Waals surface area contributed by atoms with Gasteiger partial charge in [-0.2, -0.15) is 0 Å². The molecular formula is C19H20N2O3. The summed E-state index contributed by atoms with van der Waals surface area (Å²) in [5, 5.41) is 0. The predicted molar refractivity (Wildman–Crippen MR) is 91.0 cm³/mol. The van der Waals surface area contributed by atoms with Crippen LogP contribution < -0.4 is 15.2 Å². The Morgan fingerprint density at radius 2 is 1.92 bits per heavy atom. The molecule has 1 fully saturated rings. The van der Waals surface area contributed by atoms with Crippen molar-refractivity contribution in [3.63, 3.8) is 0 Å². The minimum Gasteiger partial charge on any atom is -0.454 e. The molecule has 1 amide bonds. The van der Waals surface area contributed by atoms with Gasteiger partial charge in [-0.05, 0) is 55.3 Å². The maximum atomic E-state index is 11.9. The topological polar surface area (TPSA) is 64.8 Å². The molecule has 0 saturated carbocycles. The molecule has 0 aliphatic carbocycles. The number of para-hydroxylation sites is 1. The van der Waals surface area contributed by atoms with E-state index in [9.17, 15) is 4.79 Å². The number of fused-ring (bicyclic) bond motifs is 1. The molecule has 0 atom stereocenters. The van der Waals surface area contributed by atoms with E-state index in [1.807, 2.05) is 30.3 Å². The minimum absolute atomic E-state index is 0.200. The predicted octanol–water partition coefficient (Wildman–Crippen LogP) is 2.78. The Morgan fingerprint density at radius 1 is 1.08 bits per heavy atom. The third-order valence-electron chi connectivity index (χ3n) is 4.64. The quantitative estimate of drug-likeness (QED) is 0.939. The van der Waals surface area contributed by atoms with Crippen molar-refractivity contribution in [1.82, 2.24) is 4.90 Å². The number of benzene rings is 2. The molecule has 2 N–H and O–H groups in total. The van der Waals surface area contributed by atoms with Crippen LogP contribution in [0.15, 0.2) is 36.4 Å². The van der Waals surface area contributed by atoms with Crippen molar-refractivity contribution >= 4 is 5.91 Å². The maximum Gasteiger partial charge on any atom is 0.249 e. The molecule has 5 heteroatoms. The van der Waals surface area contributed by atoms with Crippen LogP contribution in [0.25, 0.3) is 11.1 Å². The van der Waals surface area contributed by atoms with Gasteiger partial charge in [-0.15, -0.1) is 0 Å². The summed E-state index contributed by atoms with van der Waals surface area (Å²) in [6.45, 7) is 3.35. The summed E-state index contributed by atoms with van der Waals surface area (Å²) >= 11 is 0. The first-order chi connectivity index (χ1) is 11.7. The summed E-state index contributed by atoms with van der Waals surface area (Å²) in [4.78, 5) is 14.3. The molecule has 0 spiro atoms. The maximum absolute atomic E-state index is 11.9. The number of ether oxygens (including phenoxy) is 2. The van der Waals surface area contributed by atoms with Crippen LogP contribution in [0.2, 0.25) is 0 Å². The zero-order valence-electron chi connectivity index (χ0n) is 13.5. The number of likely N-dealkylation sites (tertiary alicyclic amines) is 1. The second-order valence-corrected chi connectivity index (χ2v) is 6.27. The first-order valence-corrected chi connectivity index (χ1v) is 8.26. The Kier molecular flexibility index (Phi) is 3.86. The second-order valence-electron chi connectivity index (χ2n) is 6.27. The second kappa shape index (κ2) is 6.17. The van der Waals surface area contributed by atoms with Crippen LogP contribution in [-0.2, 0) is 6.54 Å². The lowest BCUT2D eigenvalue weighted by molar-refractivity contribution is 0.100. The number of hydrogen-bond donors (Lipinski definition) is 1. The van der Waals surface area contributed by atoms with Crippen molar-refractivity contribution < 1.29 is 14.3 Å². The number of hydrogen-bond acceptors (Lipinski definition) is 4. The van der Waals surface area contributed by atoms with Gasteiger partial charge in [-0.1, -0.05) is 18.2 Å². The summed E-state index contributed by atoms with van der Waals surface area (Å²) in [7, 11) is 0. The molecule has 2 aliphatic heterocycles. The monoisotopic (exact) mass is 324 g/mol. The summed E-state index contributed by atoms with van der Waals surface area (Å²) in [6, 6.07) is 11.6. The van der Waals surface area contributed by atoms with Crippen LogP contribution in [0, 0.1) is 0 Å². The molecule has 0 unspecified atom stereocenters. The molecule has 1 saturated heterocycles. The van der Waals surface area contributed by atoms with E-state index in [4.69, 9.17) is 15.2 Å². The van der Waals surface area contributed by atoms with E-state index in [0.29, 0.717) is 17.1 Å². The van der Waals surface area contributed by atoms with Gasteiger partial charge in [-0.3, -0.25) is 9.69 Å². The average Bonchev–Trinajstić information content (AvgIpc) is 3.25. The first-order valence-electron chi connectivity index (χ1n) is 8.26. The van der Waals surface area contributed by atoms with Crippen LogP contribution in [0.3, 0.4) is 0 Å². The fraction of sp³-hybridized carbons (Fsp3) is 0.316. The Hall–Kier alpha value is -2.53. The largest absolute Gasteiger partial charge is 0.454 e. The van der Waals surface area contributed by atoms with E-state index in [1.54, 1.807) is 0 Å². The molecule has 4 rings (SSSR count). The molecule has 0 aromatic heterocycles. The Bertz CT molecular complexity index is 782. The zero-order chi connectivity index (χ0) is 16.5. The highest BCUT2D eigenvalue weighted by Gasteiger charge is 2.22. The fourth-order valence-electron chi connectivity index (χ4n) is 3.47. The smallest absolute Gasteiger partial charge is 0.249 e. The first kappa shape index (κ1) is 15.0. The fourth-order valence-corrected chi connectivity index (χ4v) is 3.47.